The van der Waals surface area contributed by atoms with Crippen LogP contribution in [0.2, 0.25) is 0 Å². The Morgan fingerprint density at radius 3 is 2.76 bits per heavy atom. The van der Waals surface area contributed by atoms with Crippen LogP contribution in [0, 0.1) is 24.7 Å². The van der Waals surface area contributed by atoms with Gasteiger partial charge in [0, 0.05) is 12.1 Å². The van der Waals surface area contributed by atoms with E-state index < -0.39 is 0 Å². The molecule has 3 N–H and O–H groups in total. The third-order valence-corrected chi connectivity index (χ3v) is 3.24. The lowest BCUT2D eigenvalue weighted by atomic mass is 10.0. The van der Waals surface area contributed by atoms with Crippen molar-refractivity contribution < 1.29 is 4.79 Å². The molecule has 0 fully saturated rings. The van der Waals surface area contributed by atoms with Gasteiger partial charge in [-0.15, -0.1) is 0 Å². The van der Waals surface area contributed by atoms with Gasteiger partial charge in [0.2, 0.25) is 0 Å². The minimum atomic E-state index is -0.0513. The van der Waals surface area contributed by atoms with Crippen LogP contribution in [0.15, 0.2) is 18.2 Å². The predicted octanol–water partition coefficient (Wildman–Crippen LogP) is 2.86. The van der Waals surface area contributed by atoms with E-state index in [1.54, 1.807) is 0 Å². The molecular formula is C18H26N2O. The van der Waals surface area contributed by atoms with Crippen molar-refractivity contribution in [2.75, 3.05) is 13.1 Å². The molecule has 114 valence electrons. The molecule has 0 saturated heterocycles. The lowest BCUT2D eigenvalue weighted by molar-refractivity contribution is 0.0952. The second-order valence-corrected chi connectivity index (χ2v) is 5.70. The summed E-state index contributed by atoms with van der Waals surface area (Å²) in [6.45, 7) is 7.41. The summed E-state index contributed by atoms with van der Waals surface area (Å²) >= 11 is 0. The van der Waals surface area contributed by atoms with Crippen LogP contribution >= 0.6 is 0 Å². The Hall–Kier alpha value is -1.79. The van der Waals surface area contributed by atoms with Gasteiger partial charge in [-0.1, -0.05) is 50.2 Å². The van der Waals surface area contributed by atoms with Crippen LogP contribution in [-0.4, -0.2) is 19.0 Å². The third-order valence-electron chi connectivity index (χ3n) is 3.24. The fourth-order valence-corrected chi connectivity index (χ4v) is 2.08. The largest absolute Gasteiger partial charge is 0.352 e. The number of amides is 1. The van der Waals surface area contributed by atoms with Crippen LogP contribution in [0.5, 0.6) is 0 Å². The number of hydrogen-bond acceptors (Lipinski definition) is 2. The average molecular weight is 286 g/mol. The maximum absolute atomic E-state index is 12.3. The SMILES string of the molecule is Cc1ccc(C#CCN)c(C(=O)NCCCCC(C)C)c1. The first kappa shape index (κ1) is 17.3. The molecule has 0 aromatic heterocycles. The number of carbonyl (C=O) groups excluding carboxylic acids is 1. The molecule has 3 heteroatoms. The number of hydrogen-bond donors (Lipinski definition) is 2. The summed E-state index contributed by atoms with van der Waals surface area (Å²) in [5.41, 5.74) is 7.83. The number of carbonyl (C=O) groups is 1. The predicted molar refractivity (Wildman–Crippen MR) is 88.1 cm³/mol. The molecule has 1 aromatic rings. The molecule has 21 heavy (non-hydrogen) atoms. The zero-order chi connectivity index (χ0) is 15.7. The second-order valence-electron chi connectivity index (χ2n) is 5.70. The maximum Gasteiger partial charge on any atom is 0.252 e. The zero-order valence-corrected chi connectivity index (χ0v) is 13.3. The summed E-state index contributed by atoms with van der Waals surface area (Å²) in [6.07, 6.45) is 3.36. The van der Waals surface area contributed by atoms with Crippen molar-refractivity contribution in [2.45, 2.75) is 40.0 Å². The second kappa shape index (κ2) is 9.20. The van der Waals surface area contributed by atoms with Gasteiger partial charge in [-0.05, 0) is 31.4 Å². The van der Waals surface area contributed by atoms with Gasteiger partial charge in [0.15, 0.2) is 0 Å². The van der Waals surface area contributed by atoms with Gasteiger partial charge < -0.3 is 11.1 Å². The van der Waals surface area contributed by atoms with Crippen molar-refractivity contribution in [1.82, 2.24) is 5.32 Å². The molecule has 0 spiro atoms. The Morgan fingerprint density at radius 2 is 2.10 bits per heavy atom. The molecule has 0 bridgehead atoms. The maximum atomic E-state index is 12.3. The number of nitrogens with two attached hydrogens (primary N) is 1. The number of unbranched alkanes of at least 4 members (excludes halogenated alkanes) is 1. The smallest absolute Gasteiger partial charge is 0.252 e. The minimum absolute atomic E-state index is 0.0513. The fraction of sp³-hybridized carbons (Fsp3) is 0.500. The van der Waals surface area contributed by atoms with Gasteiger partial charge in [-0.25, -0.2) is 0 Å². The average Bonchev–Trinajstić information content (AvgIpc) is 2.45. The zero-order valence-electron chi connectivity index (χ0n) is 13.3. The number of benzene rings is 1. The molecule has 3 nitrogen and oxygen atoms in total. The summed E-state index contributed by atoms with van der Waals surface area (Å²) < 4.78 is 0. The molecular weight excluding hydrogens is 260 g/mol. The van der Waals surface area contributed by atoms with Crippen molar-refractivity contribution in [2.24, 2.45) is 11.7 Å². The van der Waals surface area contributed by atoms with Crippen molar-refractivity contribution in [1.29, 1.82) is 0 Å². The molecule has 0 aliphatic heterocycles. The van der Waals surface area contributed by atoms with Gasteiger partial charge in [0.05, 0.1) is 12.1 Å². The normalized spacial score (nSPS) is 10.1. The van der Waals surface area contributed by atoms with Gasteiger partial charge in [0.1, 0.15) is 0 Å². The van der Waals surface area contributed by atoms with Crippen LogP contribution in [0.4, 0.5) is 0 Å². The van der Waals surface area contributed by atoms with Crippen molar-refractivity contribution in [3.8, 4) is 11.8 Å². The minimum Gasteiger partial charge on any atom is -0.352 e. The molecule has 1 aromatic carbocycles. The van der Waals surface area contributed by atoms with Crippen molar-refractivity contribution in [3.63, 3.8) is 0 Å². The van der Waals surface area contributed by atoms with Crippen LogP contribution in [0.1, 0.15) is 54.6 Å². The molecule has 1 rings (SSSR count). The Morgan fingerprint density at radius 1 is 1.33 bits per heavy atom. The van der Waals surface area contributed by atoms with Crippen LogP contribution in [-0.2, 0) is 0 Å². The molecule has 0 heterocycles. The molecule has 0 aliphatic rings. The van der Waals surface area contributed by atoms with Crippen molar-refractivity contribution >= 4 is 5.91 Å². The van der Waals surface area contributed by atoms with E-state index in [2.05, 4.69) is 31.0 Å². The van der Waals surface area contributed by atoms with E-state index in [4.69, 9.17) is 5.73 Å². The number of aryl methyl sites for hydroxylation is 1. The molecule has 0 atom stereocenters. The summed E-state index contributed by atoms with van der Waals surface area (Å²) in [5.74, 6) is 6.43. The summed E-state index contributed by atoms with van der Waals surface area (Å²) in [7, 11) is 0. The Labute approximate surface area is 128 Å². The first-order chi connectivity index (χ1) is 10.0. The Bertz CT molecular complexity index is 524. The molecule has 0 saturated carbocycles. The van der Waals surface area contributed by atoms with Crippen LogP contribution in [0.25, 0.3) is 0 Å². The Balaban J connectivity index is 2.62. The number of nitrogens with one attached hydrogen (secondary N) is 1. The van der Waals surface area contributed by atoms with Gasteiger partial charge in [0.25, 0.3) is 5.91 Å². The molecule has 0 aliphatic carbocycles. The van der Waals surface area contributed by atoms with E-state index in [1.807, 2.05) is 25.1 Å². The van der Waals surface area contributed by atoms with Crippen molar-refractivity contribution in [3.05, 3.63) is 34.9 Å². The Kier molecular flexibility index (Phi) is 7.56. The molecule has 1 amide bonds. The summed E-state index contributed by atoms with van der Waals surface area (Å²) in [6, 6.07) is 5.72. The first-order valence-corrected chi connectivity index (χ1v) is 7.62. The van der Waals surface area contributed by atoms with E-state index >= 15 is 0 Å². The summed E-state index contributed by atoms with van der Waals surface area (Å²) in [4.78, 5) is 12.3. The van der Waals surface area contributed by atoms with E-state index in [0.29, 0.717) is 18.7 Å². The highest BCUT2D eigenvalue weighted by molar-refractivity contribution is 5.96. The van der Waals surface area contributed by atoms with Crippen LogP contribution in [0.3, 0.4) is 0 Å². The monoisotopic (exact) mass is 286 g/mol. The highest BCUT2D eigenvalue weighted by Gasteiger charge is 2.10. The standard InChI is InChI=1S/C18H26N2O/c1-14(2)7-4-5-12-20-18(21)17-13-15(3)9-10-16(17)8-6-11-19/h9-10,13-14H,4-5,7,11-12,19H2,1-3H3,(H,20,21). The molecule has 0 unspecified atom stereocenters. The van der Waals surface area contributed by atoms with E-state index in [1.165, 1.54) is 6.42 Å². The van der Waals surface area contributed by atoms with Gasteiger partial charge in [-0.3, -0.25) is 4.79 Å². The van der Waals surface area contributed by atoms with E-state index in [-0.39, 0.29) is 5.91 Å². The first-order valence-electron chi connectivity index (χ1n) is 7.62. The van der Waals surface area contributed by atoms with Gasteiger partial charge in [-0.2, -0.15) is 0 Å². The van der Waals surface area contributed by atoms with E-state index in [0.717, 1.165) is 29.9 Å². The number of rotatable bonds is 6. The van der Waals surface area contributed by atoms with Crippen LogP contribution < -0.4 is 11.1 Å². The lowest BCUT2D eigenvalue weighted by Crippen LogP contribution is -2.25. The molecule has 0 radical (unpaired) electrons. The third kappa shape index (κ3) is 6.46. The lowest BCUT2D eigenvalue weighted by Gasteiger charge is -2.09. The topological polar surface area (TPSA) is 55.1 Å². The van der Waals surface area contributed by atoms with Gasteiger partial charge >= 0.3 is 0 Å². The highest BCUT2D eigenvalue weighted by Crippen LogP contribution is 2.11. The fourth-order valence-electron chi connectivity index (χ4n) is 2.08. The summed E-state index contributed by atoms with van der Waals surface area (Å²) in [5, 5.41) is 2.98. The highest BCUT2D eigenvalue weighted by atomic mass is 16.1. The van der Waals surface area contributed by atoms with E-state index in [9.17, 15) is 4.79 Å². The quantitative estimate of drug-likeness (QED) is 0.624.